The lowest BCUT2D eigenvalue weighted by atomic mass is 10.1. The molecule has 18 heavy (non-hydrogen) atoms. The van der Waals surface area contributed by atoms with Gasteiger partial charge in [0.05, 0.1) is 6.42 Å². The molecule has 0 saturated carbocycles. The first-order valence-electron chi connectivity index (χ1n) is 6.43. The highest BCUT2D eigenvalue weighted by Crippen LogP contribution is 2.04. The molecule has 1 saturated heterocycles. The zero-order valence-electron chi connectivity index (χ0n) is 10.9. The number of urea groups is 1. The fourth-order valence-corrected chi connectivity index (χ4v) is 1.89. The lowest BCUT2D eigenvalue weighted by Gasteiger charge is -2.14. The average molecular weight is 255 g/mol. The molecule has 0 aliphatic carbocycles. The first-order valence-corrected chi connectivity index (χ1v) is 6.43. The molecular weight excluding hydrogens is 234 g/mol. The van der Waals surface area contributed by atoms with Crippen LogP contribution in [0.25, 0.3) is 0 Å². The molecule has 1 aliphatic heterocycles. The first-order chi connectivity index (χ1) is 8.52. The minimum atomic E-state index is -0.736. The van der Waals surface area contributed by atoms with Crippen molar-refractivity contribution in [3.05, 3.63) is 0 Å². The second-order valence-electron chi connectivity index (χ2n) is 4.68. The average Bonchev–Trinajstić information content (AvgIpc) is 2.57. The number of carbonyl (C=O) groups excluding carboxylic acids is 3. The van der Waals surface area contributed by atoms with Crippen LogP contribution in [0.3, 0.4) is 0 Å². The Morgan fingerprint density at radius 2 is 2.11 bits per heavy atom. The molecule has 2 atom stereocenters. The van der Waals surface area contributed by atoms with Crippen molar-refractivity contribution in [1.29, 1.82) is 0 Å². The molecule has 0 aromatic carbocycles. The Morgan fingerprint density at radius 3 is 2.67 bits per heavy atom. The van der Waals surface area contributed by atoms with Gasteiger partial charge in [-0.15, -0.1) is 0 Å². The Morgan fingerprint density at radius 1 is 1.39 bits per heavy atom. The van der Waals surface area contributed by atoms with Gasteiger partial charge in [0.1, 0.15) is 6.04 Å². The highest BCUT2D eigenvalue weighted by molar-refractivity contribution is 6.05. The van der Waals surface area contributed by atoms with E-state index in [0.29, 0.717) is 0 Å². The quantitative estimate of drug-likeness (QED) is 0.461. The fraction of sp³-hybridized carbons (Fsp3) is 0.750. The molecule has 0 spiro atoms. The number of unbranched alkanes of at least 4 members (excludes halogenated alkanes) is 2. The summed E-state index contributed by atoms with van der Waals surface area (Å²) in [5.74, 6) is -0.643. The Hall–Kier alpha value is -1.59. The summed E-state index contributed by atoms with van der Waals surface area (Å²) in [7, 11) is 0. The molecule has 3 N–H and O–H groups in total. The number of amides is 4. The van der Waals surface area contributed by atoms with Crippen LogP contribution in [-0.4, -0.2) is 29.9 Å². The van der Waals surface area contributed by atoms with Gasteiger partial charge < -0.3 is 10.6 Å². The molecule has 1 rings (SSSR count). The van der Waals surface area contributed by atoms with E-state index in [1.165, 1.54) is 0 Å². The van der Waals surface area contributed by atoms with Gasteiger partial charge in [-0.1, -0.05) is 26.2 Å². The van der Waals surface area contributed by atoms with E-state index >= 15 is 0 Å². The van der Waals surface area contributed by atoms with Crippen LogP contribution in [0, 0.1) is 0 Å². The Kier molecular flexibility index (Phi) is 5.61. The number of carbonyl (C=O) groups is 3. The Bertz CT molecular complexity index is 331. The van der Waals surface area contributed by atoms with Crippen molar-refractivity contribution in [3.8, 4) is 0 Å². The molecule has 0 bridgehead atoms. The predicted octanol–water partition coefficient (Wildman–Crippen LogP) is 0.670. The second-order valence-corrected chi connectivity index (χ2v) is 4.68. The lowest BCUT2D eigenvalue weighted by Crippen LogP contribution is -2.39. The summed E-state index contributed by atoms with van der Waals surface area (Å²) < 4.78 is 0. The minimum Gasteiger partial charge on any atom is -0.354 e. The van der Waals surface area contributed by atoms with E-state index in [9.17, 15) is 14.4 Å². The van der Waals surface area contributed by atoms with E-state index in [2.05, 4.69) is 22.9 Å². The summed E-state index contributed by atoms with van der Waals surface area (Å²) in [5.41, 5.74) is 0. The molecule has 1 aliphatic rings. The molecule has 6 nitrogen and oxygen atoms in total. The summed E-state index contributed by atoms with van der Waals surface area (Å²) in [6, 6.07) is -1.17. The maximum Gasteiger partial charge on any atom is 0.322 e. The summed E-state index contributed by atoms with van der Waals surface area (Å²) in [5, 5.41) is 7.33. The van der Waals surface area contributed by atoms with Crippen LogP contribution in [-0.2, 0) is 9.59 Å². The summed E-state index contributed by atoms with van der Waals surface area (Å²) in [4.78, 5) is 33.8. The number of imide groups is 1. The van der Waals surface area contributed by atoms with Crippen molar-refractivity contribution >= 4 is 17.8 Å². The van der Waals surface area contributed by atoms with Crippen molar-refractivity contribution < 1.29 is 14.4 Å². The maximum atomic E-state index is 11.7. The van der Waals surface area contributed by atoms with E-state index in [1.807, 2.05) is 6.92 Å². The van der Waals surface area contributed by atoms with Crippen molar-refractivity contribution in [2.45, 2.75) is 58.0 Å². The van der Waals surface area contributed by atoms with Crippen molar-refractivity contribution in [1.82, 2.24) is 16.0 Å². The molecule has 0 aromatic heterocycles. The zero-order chi connectivity index (χ0) is 13.5. The van der Waals surface area contributed by atoms with Gasteiger partial charge in [0, 0.05) is 6.04 Å². The first kappa shape index (κ1) is 14.5. The van der Waals surface area contributed by atoms with Gasteiger partial charge in [0.15, 0.2) is 0 Å². The molecule has 0 radical (unpaired) electrons. The van der Waals surface area contributed by atoms with E-state index in [-0.39, 0.29) is 18.4 Å². The summed E-state index contributed by atoms with van der Waals surface area (Å²) in [6.45, 7) is 4.07. The van der Waals surface area contributed by atoms with Crippen molar-refractivity contribution in [2.24, 2.45) is 0 Å². The zero-order valence-corrected chi connectivity index (χ0v) is 10.9. The molecule has 1 fully saturated rings. The van der Waals surface area contributed by atoms with Crippen molar-refractivity contribution in [3.63, 3.8) is 0 Å². The Balaban J connectivity index is 2.24. The topological polar surface area (TPSA) is 87.3 Å². The monoisotopic (exact) mass is 255 g/mol. The van der Waals surface area contributed by atoms with Crippen LogP contribution in [0.1, 0.15) is 46.0 Å². The highest BCUT2D eigenvalue weighted by atomic mass is 16.2. The van der Waals surface area contributed by atoms with E-state index < -0.39 is 18.0 Å². The summed E-state index contributed by atoms with van der Waals surface area (Å²) in [6.07, 6.45) is 4.31. The molecule has 0 unspecified atom stereocenters. The fourth-order valence-electron chi connectivity index (χ4n) is 1.89. The number of nitrogens with one attached hydrogen (secondary N) is 3. The standard InChI is InChI=1S/C12H21N3O3/c1-3-4-5-6-8(2)13-10(16)7-9-11(17)15-12(18)14-9/h8-9H,3-7H2,1-2H3,(H,13,16)(H2,14,15,17,18)/t8-,9-/m1/s1. The number of rotatable bonds is 7. The van der Waals surface area contributed by atoms with E-state index in [1.54, 1.807) is 0 Å². The summed E-state index contributed by atoms with van der Waals surface area (Å²) >= 11 is 0. The second kappa shape index (κ2) is 6.98. The molecule has 102 valence electrons. The van der Waals surface area contributed by atoms with Gasteiger partial charge in [-0.2, -0.15) is 0 Å². The van der Waals surface area contributed by atoms with Gasteiger partial charge in [-0.3, -0.25) is 14.9 Å². The van der Waals surface area contributed by atoms with Crippen LogP contribution in [0.5, 0.6) is 0 Å². The normalized spacial score (nSPS) is 20.2. The van der Waals surface area contributed by atoms with Crippen molar-refractivity contribution in [2.75, 3.05) is 0 Å². The van der Waals surface area contributed by atoms with Gasteiger partial charge in [-0.25, -0.2) is 4.79 Å². The smallest absolute Gasteiger partial charge is 0.322 e. The number of hydrogen-bond acceptors (Lipinski definition) is 3. The minimum absolute atomic E-state index is 0.00427. The Labute approximate surface area is 107 Å². The van der Waals surface area contributed by atoms with Crippen LogP contribution in [0.2, 0.25) is 0 Å². The largest absolute Gasteiger partial charge is 0.354 e. The van der Waals surface area contributed by atoms with Crippen LogP contribution >= 0.6 is 0 Å². The molecule has 6 heteroatoms. The van der Waals surface area contributed by atoms with Crippen LogP contribution < -0.4 is 16.0 Å². The highest BCUT2D eigenvalue weighted by Gasteiger charge is 2.31. The molecular formula is C12H21N3O3. The van der Waals surface area contributed by atoms with Crippen LogP contribution in [0.4, 0.5) is 4.79 Å². The molecule has 1 heterocycles. The van der Waals surface area contributed by atoms with Gasteiger partial charge in [0.25, 0.3) is 5.91 Å². The van der Waals surface area contributed by atoms with Crippen LogP contribution in [0.15, 0.2) is 0 Å². The predicted molar refractivity (Wildman–Crippen MR) is 66.8 cm³/mol. The lowest BCUT2D eigenvalue weighted by molar-refractivity contribution is -0.126. The van der Waals surface area contributed by atoms with Gasteiger partial charge >= 0.3 is 6.03 Å². The van der Waals surface area contributed by atoms with Gasteiger partial charge in [-0.05, 0) is 13.3 Å². The van der Waals surface area contributed by atoms with E-state index in [0.717, 1.165) is 25.7 Å². The SMILES string of the molecule is CCCCC[C@@H](C)NC(=O)C[C@H]1NC(=O)NC1=O. The number of hydrogen-bond donors (Lipinski definition) is 3. The molecule has 0 aromatic rings. The van der Waals surface area contributed by atoms with Gasteiger partial charge in [0.2, 0.25) is 5.91 Å². The van der Waals surface area contributed by atoms with E-state index in [4.69, 9.17) is 0 Å². The maximum absolute atomic E-state index is 11.7. The third kappa shape index (κ3) is 4.73. The third-order valence-corrected chi connectivity index (χ3v) is 2.90. The third-order valence-electron chi connectivity index (χ3n) is 2.90. The molecule has 4 amide bonds.